The molecule has 0 aliphatic carbocycles. The van der Waals surface area contributed by atoms with Gasteiger partial charge in [0.25, 0.3) is 0 Å². The van der Waals surface area contributed by atoms with Crippen molar-refractivity contribution in [3.8, 4) is 0 Å². The van der Waals surface area contributed by atoms with Gasteiger partial charge in [-0.2, -0.15) is 0 Å². The molecule has 1 aromatic heterocycles. The molecule has 0 aliphatic heterocycles. The van der Waals surface area contributed by atoms with Crippen LogP contribution in [0.25, 0.3) is 0 Å². The van der Waals surface area contributed by atoms with Gasteiger partial charge in [-0.25, -0.2) is 9.37 Å². The number of hydrogen-bond acceptors (Lipinski definition) is 3. The molecule has 2 nitrogen and oxygen atoms in total. The molecule has 0 amide bonds. The van der Waals surface area contributed by atoms with E-state index < -0.39 is 0 Å². The van der Waals surface area contributed by atoms with E-state index in [-0.39, 0.29) is 5.82 Å². The van der Waals surface area contributed by atoms with Crippen LogP contribution in [0.2, 0.25) is 5.02 Å². The molecule has 0 radical (unpaired) electrons. The van der Waals surface area contributed by atoms with Crippen molar-refractivity contribution in [2.75, 3.05) is 7.05 Å². The summed E-state index contributed by atoms with van der Waals surface area (Å²) in [6.07, 6.45) is 1.58. The first kappa shape index (κ1) is 13.3. The van der Waals surface area contributed by atoms with Crippen molar-refractivity contribution in [2.45, 2.75) is 16.5 Å². The summed E-state index contributed by atoms with van der Waals surface area (Å²) in [5.41, 5.74) is 0.654. The van der Waals surface area contributed by atoms with Gasteiger partial charge in [0, 0.05) is 23.2 Å². The Morgan fingerprint density at radius 2 is 2.17 bits per heavy atom. The summed E-state index contributed by atoms with van der Waals surface area (Å²) in [6.45, 7) is 0.489. The van der Waals surface area contributed by atoms with E-state index in [0.717, 1.165) is 9.92 Å². The molecule has 94 valence electrons. The lowest BCUT2D eigenvalue weighted by molar-refractivity contribution is 0.593. The molecule has 1 heterocycles. The monoisotopic (exact) mass is 282 g/mol. The van der Waals surface area contributed by atoms with Crippen LogP contribution in [0.1, 0.15) is 5.56 Å². The van der Waals surface area contributed by atoms with Crippen LogP contribution in [0.5, 0.6) is 0 Å². The molecule has 18 heavy (non-hydrogen) atoms. The highest BCUT2D eigenvalue weighted by atomic mass is 35.5. The highest BCUT2D eigenvalue weighted by molar-refractivity contribution is 7.99. The van der Waals surface area contributed by atoms with Gasteiger partial charge >= 0.3 is 0 Å². The van der Waals surface area contributed by atoms with Crippen LogP contribution in [0.4, 0.5) is 4.39 Å². The summed E-state index contributed by atoms with van der Waals surface area (Å²) >= 11 is 7.21. The van der Waals surface area contributed by atoms with Crippen molar-refractivity contribution in [3.05, 3.63) is 52.9 Å². The Balaban J connectivity index is 2.28. The van der Waals surface area contributed by atoms with Gasteiger partial charge in [-0.3, -0.25) is 0 Å². The molecule has 0 aliphatic rings. The van der Waals surface area contributed by atoms with E-state index in [1.54, 1.807) is 25.4 Å². The maximum Gasteiger partial charge on any atom is 0.128 e. The topological polar surface area (TPSA) is 24.9 Å². The standard InChI is InChI=1S/C13H12ClFN2S/c1-16-8-10-11(15)3-2-4-12(10)18-13-6-5-9(14)7-17-13/h2-7,16H,8H2,1H3. The summed E-state index contributed by atoms with van der Waals surface area (Å²) in [4.78, 5) is 5.05. The van der Waals surface area contributed by atoms with E-state index in [0.29, 0.717) is 17.1 Å². The number of pyridine rings is 1. The SMILES string of the molecule is CNCc1c(F)cccc1Sc1ccc(Cl)cn1. The first-order valence-corrected chi connectivity index (χ1v) is 6.61. The van der Waals surface area contributed by atoms with Gasteiger partial charge in [0.05, 0.1) is 5.02 Å². The van der Waals surface area contributed by atoms with E-state index in [9.17, 15) is 4.39 Å². The zero-order chi connectivity index (χ0) is 13.0. The average Bonchev–Trinajstić information content (AvgIpc) is 2.36. The summed E-state index contributed by atoms with van der Waals surface area (Å²) in [5, 5.41) is 4.35. The second-order valence-corrected chi connectivity index (χ2v) is 5.16. The van der Waals surface area contributed by atoms with E-state index in [2.05, 4.69) is 10.3 Å². The third kappa shape index (κ3) is 3.22. The van der Waals surface area contributed by atoms with Crippen LogP contribution in [0.15, 0.2) is 46.5 Å². The van der Waals surface area contributed by atoms with Gasteiger partial charge in [-0.1, -0.05) is 29.4 Å². The predicted molar refractivity (Wildman–Crippen MR) is 72.5 cm³/mol. The van der Waals surface area contributed by atoms with Crippen LogP contribution < -0.4 is 5.32 Å². The second-order valence-electron chi connectivity index (χ2n) is 3.66. The Labute approximate surface area is 115 Å². The van der Waals surface area contributed by atoms with Crippen LogP contribution in [-0.4, -0.2) is 12.0 Å². The van der Waals surface area contributed by atoms with Crippen LogP contribution in [0, 0.1) is 5.82 Å². The fraction of sp³-hybridized carbons (Fsp3) is 0.154. The van der Waals surface area contributed by atoms with Crippen molar-refractivity contribution in [2.24, 2.45) is 0 Å². The number of aromatic nitrogens is 1. The molecule has 5 heteroatoms. The molecule has 0 unspecified atom stereocenters. The maximum absolute atomic E-state index is 13.7. The molecule has 0 fully saturated rings. The Morgan fingerprint density at radius 3 is 2.83 bits per heavy atom. The van der Waals surface area contributed by atoms with Crippen molar-refractivity contribution in [3.63, 3.8) is 0 Å². The maximum atomic E-state index is 13.7. The first-order valence-electron chi connectivity index (χ1n) is 5.42. The molecule has 0 saturated carbocycles. The number of rotatable bonds is 4. The van der Waals surface area contributed by atoms with E-state index >= 15 is 0 Å². The van der Waals surface area contributed by atoms with Crippen molar-refractivity contribution in [1.29, 1.82) is 0 Å². The second kappa shape index (κ2) is 6.18. The number of benzene rings is 1. The lowest BCUT2D eigenvalue weighted by Crippen LogP contribution is -2.08. The molecular weight excluding hydrogens is 271 g/mol. The van der Waals surface area contributed by atoms with Crippen molar-refractivity contribution >= 4 is 23.4 Å². The Kier molecular flexibility index (Phi) is 4.58. The third-order valence-electron chi connectivity index (χ3n) is 2.34. The van der Waals surface area contributed by atoms with Gasteiger partial charge in [-0.15, -0.1) is 0 Å². The van der Waals surface area contributed by atoms with Crippen molar-refractivity contribution < 1.29 is 4.39 Å². The highest BCUT2D eigenvalue weighted by Crippen LogP contribution is 2.30. The Hall–Kier alpha value is -1.10. The van der Waals surface area contributed by atoms with Gasteiger partial charge in [0.15, 0.2) is 0 Å². The van der Waals surface area contributed by atoms with Crippen LogP contribution >= 0.6 is 23.4 Å². The highest BCUT2D eigenvalue weighted by Gasteiger charge is 2.09. The largest absolute Gasteiger partial charge is 0.316 e. The third-order valence-corrected chi connectivity index (χ3v) is 3.62. The molecule has 0 spiro atoms. The van der Waals surface area contributed by atoms with E-state index in [4.69, 9.17) is 11.6 Å². The molecule has 0 saturated heterocycles. The predicted octanol–water partition coefficient (Wildman–Crippen LogP) is 3.74. The number of halogens is 2. The molecule has 2 rings (SSSR count). The van der Waals surface area contributed by atoms with E-state index in [1.807, 2.05) is 12.1 Å². The summed E-state index contributed by atoms with van der Waals surface area (Å²) in [7, 11) is 1.79. The van der Waals surface area contributed by atoms with Gasteiger partial charge < -0.3 is 5.32 Å². The fourth-order valence-corrected chi connectivity index (χ4v) is 2.54. The van der Waals surface area contributed by atoms with Crippen molar-refractivity contribution in [1.82, 2.24) is 10.3 Å². The van der Waals surface area contributed by atoms with Gasteiger partial charge in [0.2, 0.25) is 0 Å². The number of nitrogens with zero attached hydrogens (tertiary/aromatic N) is 1. The summed E-state index contributed by atoms with van der Waals surface area (Å²) in [6, 6.07) is 8.64. The van der Waals surface area contributed by atoms with E-state index in [1.165, 1.54) is 17.8 Å². The summed E-state index contributed by atoms with van der Waals surface area (Å²) < 4.78 is 13.7. The lowest BCUT2D eigenvalue weighted by Gasteiger charge is -2.09. The number of hydrogen-bond donors (Lipinski definition) is 1. The lowest BCUT2D eigenvalue weighted by atomic mass is 10.2. The summed E-state index contributed by atoms with van der Waals surface area (Å²) in [5.74, 6) is -0.205. The minimum absolute atomic E-state index is 0.205. The minimum Gasteiger partial charge on any atom is -0.316 e. The molecule has 1 aromatic carbocycles. The molecular formula is C13H12ClFN2S. The Morgan fingerprint density at radius 1 is 1.33 bits per heavy atom. The minimum atomic E-state index is -0.205. The van der Waals surface area contributed by atoms with Gasteiger partial charge in [-0.05, 0) is 31.3 Å². The molecule has 2 aromatic rings. The van der Waals surface area contributed by atoms with Crippen LogP contribution in [0.3, 0.4) is 0 Å². The molecule has 0 atom stereocenters. The zero-order valence-corrected chi connectivity index (χ0v) is 11.4. The fourth-order valence-electron chi connectivity index (χ4n) is 1.52. The first-order chi connectivity index (χ1) is 8.70. The Bertz CT molecular complexity index is 531. The normalized spacial score (nSPS) is 10.6. The molecule has 1 N–H and O–H groups in total. The quantitative estimate of drug-likeness (QED) is 0.925. The number of nitrogens with one attached hydrogen (secondary N) is 1. The van der Waals surface area contributed by atoms with Gasteiger partial charge in [0.1, 0.15) is 10.8 Å². The average molecular weight is 283 g/mol. The molecule has 0 bridgehead atoms. The van der Waals surface area contributed by atoms with Crippen LogP contribution in [-0.2, 0) is 6.54 Å². The zero-order valence-electron chi connectivity index (χ0n) is 9.78. The smallest absolute Gasteiger partial charge is 0.128 e.